The van der Waals surface area contributed by atoms with Crippen molar-refractivity contribution in [2.45, 2.75) is 26.2 Å². The first-order chi connectivity index (χ1) is 9.70. The first-order valence-electron chi connectivity index (χ1n) is 6.95. The normalized spacial score (nSPS) is 10.3. The van der Waals surface area contributed by atoms with Crippen LogP contribution in [0.25, 0.3) is 0 Å². The highest BCUT2D eigenvalue weighted by molar-refractivity contribution is 6.17. The van der Waals surface area contributed by atoms with E-state index < -0.39 is 0 Å². The Labute approximate surface area is 125 Å². The topological polar surface area (TPSA) is 76.7 Å². The van der Waals surface area contributed by atoms with E-state index in [0.717, 1.165) is 6.42 Å². The molecular weight excluding hydrogens is 284 g/mol. The van der Waals surface area contributed by atoms with Gasteiger partial charge in [0.05, 0.1) is 26.4 Å². The van der Waals surface area contributed by atoms with E-state index in [1.54, 1.807) is 0 Å². The summed E-state index contributed by atoms with van der Waals surface area (Å²) in [5, 5.41) is 5.46. The number of ether oxygens (including phenoxy) is 2. The summed E-state index contributed by atoms with van der Waals surface area (Å²) in [4.78, 5) is 22.4. The van der Waals surface area contributed by atoms with Crippen LogP contribution >= 0.6 is 11.6 Å². The molecule has 2 amide bonds. The number of hydrogen-bond donors (Lipinski definition) is 2. The molecule has 0 rings (SSSR count). The zero-order valence-corrected chi connectivity index (χ0v) is 12.8. The summed E-state index contributed by atoms with van der Waals surface area (Å²) in [6, 6.07) is 0. The van der Waals surface area contributed by atoms with Crippen LogP contribution < -0.4 is 10.6 Å². The van der Waals surface area contributed by atoms with Crippen LogP contribution in [0.2, 0.25) is 0 Å². The third-order valence-electron chi connectivity index (χ3n) is 2.31. The lowest BCUT2D eigenvalue weighted by Gasteiger charge is -2.07. The molecule has 0 aromatic rings. The summed E-state index contributed by atoms with van der Waals surface area (Å²) >= 11 is 5.43. The predicted molar refractivity (Wildman–Crippen MR) is 77.9 cm³/mol. The maximum Gasteiger partial charge on any atom is 0.222 e. The van der Waals surface area contributed by atoms with E-state index in [2.05, 4.69) is 10.6 Å². The van der Waals surface area contributed by atoms with Gasteiger partial charge in [0.25, 0.3) is 0 Å². The maximum absolute atomic E-state index is 11.3. The standard InChI is InChI=1S/C13H25ClN2O4/c1-2-3-12(17)15-6-10-20-11-7-16-13(18)4-8-19-9-5-14/h2-11H2,1H3,(H,15,17)(H,16,18). The average Bonchev–Trinajstić information content (AvgIpc) is 2.43. The molecule has 0 saturated heterocycles. The Morgan fingerprint density at radius 1 is 0.900 bits per heavy atom. The van der Waals surface area contributed by atoms with Crippen LogP contribution in [-0.4, -0.2) is 57.2 Å². The van der Waals surface area contributed by atoms with Gasteiger partial charge in [0.2, 0.25) is 11.8 Å². The van der Waals surface area contributed by atoms with Gasteiger partial charge in [-0.2, -0.15) is 0 Å². The molecule has 0 aromatic heterocycles. The Morgan fingerprint density at radius 2 is 1.45 bits per heavy atom. The number of carbonyl (C=O) groups is 2. The molecule has 0 heterocycles. The fourth-order valence-electron chi connectivity index (χ4n) is 1.35. The lowest BCUT2D eigenvalue weighted by molar-refractivity contribution is -0.122. The van der Waals surface area contributed by atoms with Gasteiger partial charge in [-0.15, -0.1) is 11.6 Å². The van der Waals surface area contributed by atoms with Crippen molar-refractivity contribution in [2.75, 3.05) is 45.4 Å². The molecule has 6 nitrogen and oxygen atoms in total. The first kappa shape index (κ1) is 19.1. The third kappa shape index (κ3) is 13.6. The smallest absolute Gasteiger partial charge is 0.222 e. The average molecular weight is 309 g/mol. The number of amides is 2. The molecule has 0 aromatic carbocycles. The van der Waals surface area contributed by atoms with Gasteiger partial charge in [0.1, 0.15) is 0 Å². The van der Waals surface area contributed by atoms with E-state index in [1.165, 1.54) is 0 Å². The van der Waals surface area contributed by atoms with Crippen molar-refractivity contribution in [3.05, 3.63) is 0 Å². The van der Waals surface area contributed by atoms with Gasteiger partial charge in [-0.1, -0.05) is 6.92 Å². The summed E-state index contributed by atoms with van der Waals surface area (Å²) in [5.41, 5.74) is 0. The molecule has 0 bridgehead atoms. The van der Waals surface area contributed by atoms with Gasteiger partial charge < -0.3 is 20.1 Å². The SMILES string of the molecule is CCCC(=O)NCCOCCNC(=O)CCOCCCl. The third-order valence-corrected chi connectivity index (χ3v) is 2.46. The Morgan fingerprint density at radius 3 is 2.00 bits per heavy atom. The van der Waals surface area contributed by atoms with E-state index in [1.807, 2.05) is 6.92 Å². The highest BCUT2D eigenvalue weighted by Gasteiger charge is 2.00. The number of rotatable bonds is 13. The molecule has 0 atom stereocenters. The van der Waals surface area contributed by atoms with E-state index in [0.29, 0.717) is 58.2 Å². The van der Waals surface area contributed by atoms with E-state index in [4.69, 9.17) is 21.1 Å². The predicted octanol–water partition coefficient (Wildman–Crippen LogP) is 0.681. The first-order valence-corrected chi connectivity index (χ1v) is 7.49. The number of carbonyl (C=O) groups excluding carboxylic acids is 2. The van der Waals surface area contributed by atoms with Gasteiger partial charge in [0.15, 0.2) is 0 Å². The lowest BCUT2D eigenvalue weighted by atomic mass is 10.3. The van der Waals surface area contributed by atoms with Gasteiger partial charge in [0, 0.05) is 31.8 Å². The molecule has 7 heteroatoms. The maximum atomic E-state index is 11.3. The van der Waals surface area contributed by atoms with Crippen LogP contribution in [0.15, 0.2) is 0 Å². The number of alkyl halides is 1. The Bertz CT molecular complexity index is 265. The molecular formula is C13H25ClN2O4. The van der Waals surface area contributed by atoms with Crippen LogP contribution in [0, 0.1) is 0 Å². The highest BCUT2D eigenvalue weighted by atomic mass is 35.5. The molecule has 0 aliphatic heterocycles. The van der Waals surface area contributed by atoms with Crippen molar-refractivity contribution in [3.8, 4) is 0 Å². The van der Waals surface area contributed by atoms with Crippen molar-refractivity contribution in [2.24, 2.45) is 0 Å². The highest BCUT2D eigenvalue weighted by Crippen LogP contribution is 1.86. The summed E-state index contributed by atoms with van der Waals surface area (Å²) in [7, 11) is 0. The van der Waals surface area contributed by atoms with Crippen LogP contribution in [0.3, 0.4) is 0 Å². The Kier molecular flexibility index (Phi) is 13.9. The van der Waals surface area contributed by atoms with Crippen molar-refractivity contribution >= 4 is 23.4 Å². The molecule has 0 aliphatic rings. The molecule has 0 fully saturated rings. The van der Waals surface area contributed by atoms with E-state index in [9.17, 15) is 9.59 Å². The zero-order valence-electron chi connectivity index (χ0n) is 12.1. The van der Waals surface area contributed by atoms with Gasteiger partial charge in [-0.05, 0) is 6.42 Å². The summed E-state index contributed by atoms with van der Waals surface area (Å²) in [5.74, 6) is 0.408. The monoisotopic (exact) mass is 308 g/mol. The molecule has 0 radical (unpaired) electrons. The largest absolute Gasteiger partial charge is 0.380 e. The second-order valence-corrected chi connectivity index (χ2v) is 4.49. The van der Waals surface area contributed by atoms with Crippen LogP contribution in [-0.2, 0) is 19.1 Å². The molecule has 0 saturated carbocycles. The fraction of sp³-hybridized carbons (Fsp3) is 0.846. The van der Waals surface area contributed by atoms with Crippen LogP contribution in [0.5, 0.6) is 0 Å². The van der Waals surface area contributed by atoms with E-state index >= 15 is 0 Å². The molecule has 0 spiro atoms. The molecule has 20 heavy (non-hydrogen) atoms. The van der Waals surface area contributed by atoms with Crippen molar-refractivity contribution in [1.29, 1.82) is 0 Å². The number of nitrogens with one attached hydrogen (secondary N) is 2. The Hall–Kier alpha value is -0.850. The molecule has 0 aliphatic carbocycles. The van der Waals surface area contributed by atoms with Crippen molar-refractivity contribution in [1.82, 2.24) is 10.6 Å². The van der Waals surface area contributed by atoms with E-state index in [-0.39, 0.29) is 11.8 Å². The van der Waals surface area contributed by atoms with Crippen molar-refractivity contribution in [3.63, 3.8) is 0 Å². The number of hydrogen-bond acceptors (Lipinski definition) is 4. The molecule has 0 unspecified atom stereocenters. The molecule has 2 N–H and O–H groups in total. The fourth-order valence-corrected chi connectivity index (χ4v) is 1.46. The van der Waals surface area contributed by atoms with Gasteiger partial charge in [-0.25, -0.2) is 0 Å². The second kappa shape index (κ2) is 14.6. The minimum absolute atomic E-state index is 0.0429. The lowest BCUT2D eigenvalue weighted by Crippen LogP contribution is -2.30. The zero-order chi connectivity index (χ0) is 15.1. The number of halogens is 1. The summed E-state index contributed by atoms with van der Waals surface area (Å²) in [6.45, 7) is 4.63. The Balaban J connectivity index is 3.23. The summed E-state index contributed by atoms with van der Waals surface area (Å²) < 4.78 is 10.4. The summed E-state index contributed by atoms with van der Waals surface area (Å²) in [6.07, 6.45) is 1.71. The van der Waals surface area contributed by atoms with Gasteiger partial charge in [-0.3, -0.25) is 9.59 Å². The van der Waals surface area contributed by atoms with Crippen LogP contribution in [0.1, 0.15) is 26.2 Å². The minimum atomic E-state index is -0.0700. The molecule has 118 valence electrons. The van der Waals surface area contributed by atoms with Crippen molar-refractivity contribution < 1.29 is 19.1 Å². The second-order valence-electron chi connectivity index (χ2n) is 4.11. The van der Waals surface area contributed by atoms with Crippen LogP contribution in [0.4, 0.5) is 0 Å². The van der Waals surface area contributed by atoms with Gasteiger partial charge >= 0.3 is 0 Å². The minimum Gasteiger partial charge on any atom is -0.380 e. The quantitative estimate of drug-likeness (QED) is 0.387.